The molecule has 0 saturated heterocycles. The Morgan fingerprint density at radius 3 is 1.63 bits per heavy atom. The molecule has 11 nitrogen and oxygen atoms in total. The Balaban J connectivity index is 0.844. The summed E-state index contributed by atoms with van der Waals surface area (Å²) in [5.41, 5.74) is 10.5. The highest BCUT2D eigenvalue weighted by molar-refractivity contribution is 8.00. The van der Waals surface area contributed by atoms with Gasteiger partial charge in [0, 0.05) is 67.2 Å². The average molecular weight is 1050 g/mol. The normalized spacial score (nSPS) is 16.3. The van der Waals surface area contributed by atoms with Crippen molar-refractivity contribution >= 4 is 69.4 Å². The molecule has 0 bridgehead atoms. The molecule has 2 heterocycles. The van der Waals surface area contributed by atoms with E-state index >= 15 is 0 Å². The van der Waals surface area contributed by atoms with Gasteiger partial charge in [-0.1, -0.05) is 107 Å². The van der Waals surface area contributed by atoms with Crippen LogP contribution < -0.4 is 20.1 Å². The van der Waals surface area contributed by atoms with Crippen molar-refractivity contribution in [2.45, 2.75) is 70.5 Å². The number of rotatable bonds is 19. The summed E-state index contributed by atoms with van der Waals surface area (Å²) in [4.78, 5) is 31.4. The molecule has 2 unspecified atom stereocenters. The van der Waals surface area contributed by atoms with E-state index in [1.54, 1.807) is 55.9 Å². The second kappa shape index (κ2) is 24.1. The van der Waals surface area contributed by atoms with Crippen LogP contribution in [0.1, 0.15) is 99.7 Å². The summed E-state index contributed by atoms with van der Waals surface area (Å²) in [7, 11) is 5.30. The molecule has 9 rings (SSSR count). The summed E-state index contributed by atoms with van der Waals surface area (Å²) in [6.07, 6.45) is 2.28. The Morgan fingerprint density at radius 1 is 0.644 bits per heavy atom. The number of thiophene rings is 2. The number of ether oxygens (including phenoxy) is 2. The smallest absolute Gasteiger partial charge is 0.261 e. The maximum atomic E-state index is 14.5. The van der Waals surface area contributed by atoms with Crippen LogP contribution in [0.3, 0.4) is 0 Å². The van der Waals surface area contributed by atoms with Crippen LogP contribution in [0.15, 0.2) is 146 Å². The first kappa shape index (κ1) is 51.5. The average Bonchev–Trinajstić information content (AvgIpc) is 4.00. The lowest BCUT2D eigenvalue weighted by Crippen LogP contribution is -2.33. The summed E-state index contributed by atoms with van der Waals surface area (Å²) in [6.45, 7) is 1.79. The highest BCUT2D eigenvalue weighted by atomic mass is 32.2. The van der Waals surface area contributed by atoms with Gasteiger partial charge >= 0.3 is 0 Å². The number of hydrogen-bond donors (Lipinski definition) is 4. The standard InChI is InChI=1S/C57H56FN5O6S4/c1-63(26-25-59-54(64)52-45-27-41(38-17-21-43(68-2)22-18-38)29-48(61-66)50(45)56(72-52)70-33-36-9-5-4-6-10-36)32-35-13-15-37(16-14-35)34-71-57-51-46(53(73-57)55(65)60-31-40-11-7-8-12-47(40)58)28-42(30-49(51)62-67)39-19-23-44(69-3)24-20-39/h4-24,41-42,66-67H,25-34H2,1-3H3,(H,59,64)(H,60,65)/b61-48+,62-49+. The number of halogens is 1. The summed E-state index contributed by atoms with van der Waals surface area (Å²) in [5.74, 6) is 2.06. The molecule has 2 amide bonds. The van der Waals surface area contributed by atoms with Crippen LogP contribution >= 0.6 is 46.2 Å². The van der Waals surface area contributed by atoms with Crippen LogP contribution in [0, 0.1) is 5.82 Å². The molecule has 2 aromatic heterocycles. The molecular weight excluding hydrogens is 998 g/mol. The number of nitrogens with zero attached hydrogens (tertiary/aromatic N) is 3. The van der Waals surface area contributed by atoms with Gasteiger partial charge < -0.3 is 35.4 Å². The summed E-state index contributed by atoms with van der Waals surface area (Å²) in [6, 6.07) is 40.9. The molecule has 376 valence electrons. The maximum absolute atomic E-state index is 14.5. The Labute approximate surface area is 441 Å². The van der Waals surface area contributed by atoms with Crippen LogP contribution in [-0.4, -0.2) is 72.9 Å². The molecule has 5 aromatic carbocycles. The van der Waals surface area contributed by atoms with E-state index in [9.17, 15) is 24.4 Å². The van der Waals surface area contributed by atoms with Crippen LogP contribution in [0.4, 0.5) is 4.39 Å². The first-order valence-electron chi connectivity index (χ1n) is 24.0. The molecule has 4 N–H and O–H groups in total. The topological polar surface area (TPSA) is 145 Å². The predicted octanol–water partition coefficient (Wildman–Crippen LogP) is 12.2. The molecule has 73 heavy (non-hydrogen) atoms. The SMILES string of the molecule is COc1ccc(C2C/C(=N\O)c3c(SCc4ccccc4)sc(C(=O)NCCN(C)Cc4ccc(CSc5sc(C(=O)NCc6ccccc6F)c6c5/C(=N/O)CC(c5ccc(OC)cc5)C6)cc4)c3C2)cc1. The number of carbonyl (C=O) groups excluding carboxylic acids is 2. The Bertz CT molecular complexity index is 3110. The van der Waals surface area contributed by atoms with Gasteiger partial charge in [0.1, 0.15) is 17.3 Å². The van der Waals surface area contributed by atoms with Crippen molar-refractivity contribution in [1.29, 1.82) is 0 Å². The number of hydrogen-bond acceptors (Lipinski definition) is 13. The van der Waals surface area contributed by atoms with E-state index in [1.165, 1.54) is 34.3 Å². The zero-order chi connectivity index (χ0) is 50.8. The number of methoxy groups -OCH3 is 2. The van der Waals surface area contributed by atoms with Crippen LogP contribution in [0.25, 0.3) is 0 Å². The molecule has 2 aliphatic rings. The number of oxime groups is 2. The molecule has 2 atom stereocenters. The zero-order valence-corrected chi connectivity index (χ0v) is 44.0. The van der Waals surface area contributed by atoms with E-state index in [1.807, 2.05) is 73.8 Å². The Morgan fingerprint density at radius 2 is 1.12 bits per heavy atom. The number of nitrogens with one attached hydrogen (secondary N) is 2. The summed E-state index contributed by atoms with van der Waals surface area (Å²) >= 11 is 6.13. The minimum atomic E-state index is -0.380. The third-order valence-electron chi connectivity index (χ3n) is 13.4. The van der Waals surface area contributed by atoms with Gasteiger partial charge in [0.25, 0.3) is 11.8 Å². The van der Waals surface area contributed by atoms with Crippen LogP contribution in [0.2, 0.25) is 0 Å². The van der Waals surface area contributed by atoms with Gasteiger partial charge in [-0.15, -0.1) is 46.2 Å². The Kier molecular flexibility index (Phi) is 17.0. The van der Waals surface area contributed by atoms with Gasteiger partial charge in [-0.2, -0.15) is 0 Å². The van der Waals surface area contributed by atoms with E-state index < -0.39 is 0 Å². The van der Waals surface area contributed by atoms with Crippen molar-refractivity contribution in [3.8, 4) is 11.5 Å². The summed E-state index contributed by atoms with van der Waals surface area (Å²) < 4.78 is 27.2. The lowest BCUT2D eigenvalue weighted by atomic mass is 9.80. The van der Waals surface area contributed by atoms with Gasteiger partial charge in [-0.3, -0.25) is 9.59 Å². The van der Waals surface area contributed by atoms with Crippen molar-refractivity contribution < 1.29 is 33.9 Å². The predicted molar refractivity (Wildman–Crippen MR) is 292 cm³/mol. The molecule has 0 aliphatic heterocycles. The molecule has 0 saturated carbocycles. The Hall–Kier alpha value is -6.43. The first-order valence-corrected chi connectivity index (χ1v) is 27.6. The lowest BCUT2D eigenvalue weighted by molar-refractivity contribution is 0.0944. The molecule has 7 aromatic rings. The molecule has 2 aliphatic carbocycles. The second-order valence-electron chi connectivity index (χ2n) is 18.1. The number of likely N-dealkylation sites (N-methyl/N-ethyl adjacent to an activating group) is 1. The number of amides is 2. The van der Waals surface area contributed by atoms with Gasteiger partial charge in [-0.05, 0) is 101 Å². The minimum absolute atomic E-state index is 0.0263. The second-order valence-corrected chi connectivity index (χ2v) is 22.7. The minimum Gasteiger partial charge on any atom is -0.497 e. The van der Waals surface area contributed by atoms with E-state index in [0.717, 1.165) is 70.2 Å². The van der Waals surface area contributed by atoms with Crippen molar-refractivity contribution in [3.63, 3.8) is 0 Å². The van der Waals surface area contributed by atoms with Crippen molar-refractivity contribution in [2.75, 3.05) is 34.4 Å². The molecule has 16 heteroatoms. The third kappa shape index (κ3) is 12.2. The number of benzene rings is 5. The van der Waals surface area contributed by atoms with Crippen molar-refractivity contribution in [2.24, 2.45) is 10.3 Å². The molecular formula is C57H56FN5O6S4. The van der Waals surface area contributed by atoms with E-state index in [4.69, 9.17) is 9.47 Å². The quantitative estimate of drug-likeness (QED) is 0.0353. The van der Waals surface area contributed by atoms with E-state index in [2.05, 4.69) is 62.2 Å². The fraction of sp³-hybridized carbons (Fsp3) is 0.263. The zero-order valence-electron chi connectivity index (χ0n) is 40.7. The first-order chi connectivity index (χ1) is 35.6. The van der Waals surface area contributed by atoms with Crippen molar-refractivity contribution in [1.82, 2.24) is 15.5 Å². The van der Waals surface area contributed by atoms with Crippen LogP contribution in [0.5, 0.6) is 11.5 Å². The molecule has 0 radical (unpaired) electrons. The highest BCUT2D eigenvalue weighted by Gasteiger charge is 2.36. The van der Waals surface area contributed by atoms with Gasteiger partial charge in [0.2, 0.25) is 0 Å². The third-order valence-corrected chi connectivity index (χ3v) is 18.5. The van der Waals surface area contributed by atoms with Crippen LogP contribution in [-0.2, 0) is 37.4 Å². The van der Waals surface area contributed by atoms with E-state index in [0.29, 0.717) is 77.8 Å². The molecule has 0 spiro atoms. The largest absolute Gasteiger partial charge is 0.497 e. The monoisotopic (exact) mass is 1050 g/mol. The summed E-state index contributed by atoms with van der Waals surface area (Å²) in [5, 5.41) is 34.5. The fourth-order valence-electron chi connectivity index (χ4n) is 9.48. The highest BCUT2D eigenvalue weighted by Crippen LogP contribution is 2.47. The van der Waals surface area contributed by atoms with E-state index in [-0.39, 0.29) is 36.0 Å². The van der Waals surface area contributed by atoms with Crippen molar-refractivity contribution in [3.05, 3.63) is 199 Å². The molecule has 0 fully saturated rings. The van der Waals surface area contributed by atoms with Gasteiger partial charge in [0.15, 0.2) is 0 Å². The van der Waals surface area contributed by atoms with Gasteiger partial charge in [-0.25, -0.2) is 4.39 Å². The number of carbonyl (C=O) groups is 2. The number of thioether (sulfide) groups is 2. The fourth-order valence-corrected chi connectivity index (χ4v) is 14.6. The number of fused-ring (bicyclic) bond motifs is 2. The maximum Gasteiger partial charge on any atom is 0.261 e. The lowest BCUT2D eigenvalue weighted by Gasteiger charge is -2.25. The van der Waals surface area contributed by atoms with Gasteiger partial charge in [0.05, 0.1) is 43.8 Å².